The lowest BCUT2D eigenvalue weighted by Crippen LogP contribution is -1.93. The van der Waals surface area contributed by atoms with E-state index in [4.69, 9.17) is 9.79 Å². The van der Waals surface area contributed by atoms with Crippen molar-refractivity contribution < 1.29 is 41.2 Å². The molecule has 12 heteroatoms. The first-order chi connectivity index (χ1) is 8.22. The lowest BCUT2D eigenvalue weighted by molar-refractivity contribution is 0.200. The Hall–Kier alpha value is -0.0700. The van der Waals surface area contributed by atoms with Gasteiger partial charge in [0, 0.05) is 0 Å². The van der Waals surface area contributed by atoms with Gasteiger partial charge in [-0.15, -0.1) is 13.2 Å². The molecule has 2 N–H and O–H groups in total. The average Bonchev–Trinajstić information content (AvgIpc) is 2.22. The predicted octanol–water partition coefficient (Wildman–Crippen LogP) is 2.02. The molecule has 0 saturated heterocycles. The van der Waals surface area contributed by atoms with E-state index < -0.39 is 23.9 Å². The molecule has 0 aliphatic heterocycles. The summed E-state index contributed by atoms with van der Waals surface area (Å²) in [6, 6.07) is 0. The molecule has 0 heterocycles. The van der Waals surface area contributed by atoms with E-state index in [-0.39, 0.29) is 13.2 Å². The Morgan fingerprint density at radius 1 is 1.00 bits per heavy atom. The predicted molar refractivity (Wildman–Crippen MR) is 63.1 cm³/mol. The second-order valence-corrected chi connectivity index (χ2v) is 6.89. The summed E-state index contributed by atoms with van der Waals surface area (Å²) in [5.41, 5.74) is 0. The minimum atomic E-state index is -4.65. The fourth-order valence-electron chi connectivity index (χ4n) is 0.552. The summed E-state index contributed by atoms with van der Waals surface area (Å²) in [6.45, 7) is 5.74. The van der Waals surface area contributed by atoms with Gasteiger partial charge < -0.3 is 9.79 Å². The molecule has 0 rings (SSSR count). The van der Waals surface area contributed by atoms with Crippen molar-refractivity contribution in [2.24, 2.45) is 0 Å². The third-order valence-corrected chi connectivity index (χ3v) is 5.08. The molecule has 2 atom stereocenters. The molecule has 2 unspecified atom stereocenters. The van der Waals surface area contributed by atoms with Gasteiger partial charge in [-0.3, -0.25) is 13.6 Å². The zero-order valence-electron chi connectivity index (χ0n) is 9.13. The Balaban J connectivity index is 4.33. The molecular weight excluding hydrogens is 309 g/mol. The van der Waals surface area contributed by atoms with Crippen LogP contribution >= 0.6 is 23.9 Å². The van der Waals surface area contributed by atoms with Gasteiger partial charge in [0.2, 0.25) is 0 Å². The SMILES string of the molecule is C=CCOP(=O)(O)O[PH](=O)OP(=O)(O)OCC=C. The fraction of sp³-hybridized carbons (Fsp3) is 0.333. The topological polar surface area (TPSA) is 129 Å². The minimum absolute atomic E-state index is 0.341. The van der Waals surface area contributed by atoms with Crippen molar-refractivity contribution in [3.05, 3.63) is 25.3 Å². The first kappa shape index (κ1) is 17.9. The van der Waals surface area contributed by atoms with Gasteiger partial charge in [0.1, 0.15) is 0 Å². The molecule has 0 fully saturated rings. The van der Waals surface area contributed by atoms with Crippen molar-refractivity contribution in [3.63, 3.8) is 0 Å². The van der Waals surface area contributed by atoms with E-state index in [2.05, 4.69) is 30.8 Å². The number of rotatable bonds is 10. The lowest BCUT2D eigenvalue weighted by atomic mass is 10.7. The number of phosphoric acid groups is 2. The first-order valence-corrected chi connectivity index (χ1v) is 8.53. The number of hydrogen-bond acceptors (Lipinski definition) is 7. The monoisotopic (exact) mass is 322 g/mol. The number of hydrogen-bond donors (Lipinski definition) is 2. The highest BCUT2D eigenvalue weighted by Crippen LogP contribution is 2.59. The molecule has 9 nitrogen and oxygen atoms in total. The highest BCUT2D eigenvalue weighted by atomic mass is 31.3. The van der Waals surface area contributed by atoms with Crippen molar-refractivity contribution in [2.45, 2.75) is 0 Å². The Kier molecular flexibility index (Phi) is 8.14. The van der Waals surface area contributed by atoms with Crippen LogP contribution in [0.4, 0.5) is 0 Å². The van der Waals surface area contributed by atoms with E-state index in [0.717, 1.165) is 12.2 Å². The molecule has 0 aromatic heterocycles. The Morgan fingerprint density at radius 2 is 1.33 bits per heavy atom. The van der Waals surface area contributed by atoms with Crippen molar-refractivity contribution in [1.82, 2.24) is 0 Å². The summed E-state index contributed by atoms with van der Waals surface area (Å²) < 4.78 is 49.6. The quantitative estimate of drug-likeness (QED) is 0.458. The van der Waals surface area contributed by atoms with Gasteiger partial charge >= 0.3 is 23.9 Å². The molecule has 0 spiro atoms. The molecule has 0 aliphatic rings. The van der Waals surface area contributed by atoms with E-state index in [1.807, 2.05) is 0 Å². The van der Waals surface area contributed by atoms with Crippen LogP contribution in [0, 0.1) is 0 Å². The van der Waals surface area contributed by atoms with E-state index in [0.29, 0.717) is 0 Å². The summed E-state index contributed by atoms with van der Waals surface area (Å²) in [7, 11) is -13.1. The molecule has 0 aliphatic carbocycles. The van der Waals surface area contributed by atoms with Gasteiger partial charge in [0.25, 0.3) is 0 Å². The van der Waals surface area contributed by atoms with Gasteiger partial charge in [-0.1, -0.05) is 12.2 Å². The van der Waals surface area contributed by atoms with Crippen LogP contribution in [0.15, 0.2) is 25.3 Å². The van der Waals surface area contributed by atoms with Crippen molar-refractivity contribution in [3.8, 4) is 0 Å². The molecule has 0 aromatic rings. The van der Waals surface area contributed by atoms with E-state index in [9.17, 15) is 13.7 Å². The maximum Gasteiger partial charge on any atom is 0.479 e. The smallest absolute Gasteiger partial charge is 0.302 e. The highest BCUT2D eigenvalue weighted by molar-refractivity contribution is 7.61. The molecule has 18 heavy (non-hydrogen) atoms. The van der Waals surface area contributed by atoms with Crippen molar-refractivity contribution in [2.75, 3.05) is 13.2 Å². The summed E-state index contributed by atoms with van der Waals surface area (Å²) in [4.78, 5) is 17.9. The maximum atomic E-state index is 11.1. The van der Waals surface area contributed by atoms with Gasteiger partial charge in [-0.2, -0.15) is 0 Å². The zero-order valence-corrected chi connectivity index (χ0v) is 11.9. The standard InChI is InChI=1S/C6H13O9P3/c1-3-5-12-17(8,9)14-16(7)15-18(10,11)13-6-4-2/h3-4,16H,1-2,5-6H2,(H,8,9)(H,10,11). The van der Waals surface area contributed by atoms with Crippen LogP contribution in [-0.2, 0) is 31.4 Å². The fourth-order valence-corrected chi connectivity index (χ4v) is 3.50. The molecule has 106 valence electrons. The van der Waals surface area contributed by atoms with Crippen LogP contribution in [0.25, 0.3) is 0 Å². The summed E-state index contributed by atoms with van der Waals surface area (Å²) in [5.74, 6) is 0. The van der Waals surface area contributed by atoms with Crippen LogP contribution in [0.5, 0.6) is 0 Å². The molecule has 0 bridgehead atoms. The average molecular weight is 322 g/mol. The van der Waals surface area contributed by atoms with Gasteiger partial charge in [-0.25, -0.2) is 17.8 Å². The summed E-state index contributed by atoms with van der Waals surface area (Å²) in [5, 5.41) is 0. The molecule has 0 radical (unpaired) electrons. The third-order valence-electron chi connectivity index (χ3n) is 1.09. The number of phosphoric ester groups is 2. The van der Waals surface area contributed by atoms with Gasteiger partial charge in [0.15, 0.2) is 0 Å². The van der Waals surface area contributed by atoms with Gasteiger partial charge in [0.05, 0.1) is 13.2 Å². The van der Waals surface area contributed by atoms with Crippen LogP contribution in [-0.4, -0.2) is 23.0 Å². The van der Waals surface area contributed by atoms with E-state index >= 15 is 0 Å². The normalized spacial score (nSPS) is 19.4. The molecule has 0 amide bonds. The highest BCUT2D eigenvalue weighted by Gasteiger charge is 2.30. The minimum Gasteiger partial charge on any atom is -0.302 e. The Labute approximate surface area is 104 Å². The largest absolute Gasteiger partial charge is 0.479 e. The molecular formula is C6H13O9P3. The Morgan fingerprint density at radius 3 is 1.61 bits per heavy atom. The van der Waals surface area contributed by atoms with Crippen LogP contribution in [0.3, 0.4) is 0 Å². The van der Waals surface area contributed by atoms with Crippen molar-refractivity contribution >= 4 is 23.9 Å². The van der Waals surface area contributed by atoms with Crippen molar-refractivity contribution in [1.29, 1.82) is 0 Å². The Bertz CT molecular complexity index is 369. The molecule has 0 aromatic carbocycles. The van der Waals surface area contributed by atoms with E-state index in [1.165, 1.54) is 0 Å². The molecule has 0 saturated carbocycles. The van der Waals surface area contributed by atoms with Crippen LogP contribution in [0.1, 0.15) is 0 Å². The second-order valence-electron chi connectivity index (χ2n) is 2.54. The summed E-state index contributed by atoms with van der Waals surface area (Å²) in [6.07, 6.45) is 2.29. The van der Waals surface area contributed by atoms with Gasteiger partial charge in [-0.05, 0) is 0 Å². The van der Waals surface area contributed by atoms with E-state index in [1.54, 1.807) is 0 Å². The summed E-state index contributed by atoms with van der Waals surface area (Å²) >= 11 is 0. The van der Waals surface area contributed by atoms with Crippen LogP contribution < -0.4 is 0 Å². The zero-order chi connectivity index (χ0) is 14.2. The third kappa shape index (κ3) is 8.94. The van der Waals surface area contributed by atoms with Crippen LogP contribution in [0.2, 0.25) is 0 Å². The first-order valence-electron chi connectivity index (χ1n) is 4.32. The maximum absolute atomic E-state index is 11.1. The lowest BCUT2D eigenvalue weighted by Gasteiger charge is -2.13. The second kappa shape index (κ2) is 8.17.